The van der Waals surface area contributed by atoms with Gasteiger partial charge in [0.2, 0.25) is 0 Å². The number of nitrogens with one attached hydrogen (secondary N) is 1. The van der Waals surface area contributed by atoms with Crippen molar-refractivity contribution >= 4 is 0 Å². The van der Waals surface area contributed by atoms with Gasteiger partial charge in [0.1, 0.15) is 17.3 Å². The van der Waals surface area contributed by atoms with Crippen molar-refractivity contribution in [1.29, 1.82) is 0 Å². The van der Waals surface area contributed by atoms with Crippen LogP contribution in [0.15, 0.2) is 65.8 Å². The van der Waals surface area contributed by atoms with Crippen LogP contribution in [-0.4, -0.2) is 26.4 Å². The summed E-state index contributed by atoms with van der Waals surface area (Å²) in [6.45, 7) is 2.06. The number of nitrogens with zero attached hydrogens (tertiary/aromatic N) is 3. The maximum absolute atomic E-state index is 13.6. The number of aromatic nitrogens is 4. The number of aryl methyl sites for hydroxylation is 2. The number of ether oxygens (including phenoxy) is 2. The van der Waals surface area contributed by atoms with E-state index in [0.29, 0.717) is 42.1 Å². The van der Waals surface area contributed by atoms with Crippen molar-refractivity contribution in [2.45, 2.75) is 19.8 Å². The van der Waals surface area contributed by atoms with Crippen molar-refractivity contribution in [3.05, 3.63) is 99.5 Å². The predicted octanol–water partition coefficient (Wildman–Crippen LogP) is 3.96. The zero-order valence-corrected chi connectivity index (χ0v) is 17.8. The van der Waals surface area contributed by atoms with Gasteiger partial charge in [-0.15, -0.1) is 0 Å². The minimum absolute atomic E-state index is 0.186. The second-order valence-electron chi connectivity index (χ2n) is 7.49. The van der Waals surface area contributed by atoms with E-state index in [0.717, 1.165) is 11.1 Å². The Labute approximate surface area is 184 Å². The number of hydrogen-bond donors (Lipinski definition) is 1. The lowest BCUT2D eigenvalue weighted by Crippen LogP contribution is -2.16. The summed E-state index contributed by atoms with van der Waals surface area (Å²) < 4.78 is 26.6. The minimum Gasteiger partial charge on any atom is -0.464 e. The van der Waals surface area contributed by atoms with Crippen LogP contribution in [0.1, 0.15) is 22.3 Å². The highest BCUT2D eigenvalue weighted by Gasteiger charge is 2.07. The van der Waals surface area contributed by atoms with Crippen LogP contribution in [0.3, 0.4) is 0 Å². The molecule has 0 saturated carbocycles. The average Bonchev–Trinajstić information content (AvgIpc) is 3.18. The van der Waals surface area contributed by atoms with Gasteiger partial charge >= 0.3 is 0 Å². The Balaban J connectivity index is 1.29. The van der Waals surface area contributed by atoms with Gasteiger partial charge in [-0.25, -0.2) is 4.39 Å². The van der Waals surface area contributed by atoms with Crippen LogP contribution in [0.4, 0.5) is 4.39 Å². The first kappa shape index (κ1) is 21.3. The van der Waals surface area contributed by atoms with E-state index in [1.54, 1.807) is 36.1 Å². The molecule has 2 aromatic heterocycles. The highest BCUT2D eigenvalue weighted by atomic mass is 19.1. The second kappa shape index (κ2) is 9.47. The summed E-state index contributed by atoms with van der Waals surface area (Å²) in [5, 5.41) is 4.10. The van der Waals surface area contributed by atoms with Gasteiger partial charge in [0.15, 0.2) is 0 Å². The van der Waals surface area contributed by atoms with E-state index in [9.17, 15) is 9.18 Å². The van der Waals surface area contributed by atoms with Crippen molar-refractivity contribution in [1.82, 2.24) is 19.7 Å². The molecule has 0 unspecified atom stereocenters. The number of benzene rings is 2. The number of rotatable bonds is 8. The van der Waals surface area contributed by atoms with Gasteiger partial charge in [-0.2, -0.15) is 10.1 Å². The molecular formula is C24H23FN4O3. The molecule has 0 aliphatic heterocycles. The van der Waals surface area contributed by atoms with Crippen LogP contribution in [0, 0.1) is 12.7 Å². The summed E-state index contributed by atoms with van der Waals surface area (Å²) in [6.07, 6.45) is 6.29. The van der Waals surface area contributed by atoms with E-state index >= 15 is 0 Å². The van der Waals surface area contributed by atoms with E-state index in [4.69, 9.17) is 9.47 Å². The lowest BCUT2D eigenvalue weighted by atomic mass is 10.1. The molecule has 32 heavy (non-hydrogen) atoms. The van der Waals surface area contributed by atoms with E-state index in [1.807, 2.05) is 37.5 Å². The zero-order chi connectivity index (χ0) is 22.5. The van der Waals surface area contributed by atoms with Crippen LogP contribution < -0.4 is 15.0 Å². The summed E-state index contributed by atoms with van der Waals surface area (Å²) >= 11 is 0. The first-order chi connectivity index (χ1) is 15.5. The Bertz CT molecular complexity index is 1260. The molecule has 2 aromatic carbocycles. The largest absolute Gasteiger partial charge is 0.464 e. The maximum atomic E-state index is 13.6. The molecule has 4 rings (SSSR count). The van der Waals surface area contributed by atoms with Gasteiger partial charge in [0, 0.05) is 43.9 Å². The van der Waals surface area contributed by atoms with E-state index < -0.39 is 0 Å². The molecule has 1 N–H and O–H groups in total. The van der Waals surface area contributed by atoms with Crippen molar-refractivity contribution in [2.75, 3.05) is 6.61 Å². The molecule has 7 nitrogen and oxygen atoms in total. The van der Waals surface area contributed by atoms with Gasteiger partial charge in [-0.3, -0.25) is 9.48 Å². The number of halogens is 1. The molecule has 0 atom stereocenters. The highest BCUT2D eigenvalue weighted by Crippen LogP contribution is 2.23. The standard InChI is InChI=1S/C24H23FN4O3/c1-16-3-6-21(12-22(16)25)32-20-7-4-17(5-8-20)9-10-31-24-26-14-19(23(30)28-24)11-18-13-27-29(2)15-18/h3-8,12-15H,9-11H2,1-2H3,(H,26,28,30). The fraction of sp³-hybridized carbons (Fsp3) is 0.208. The molecule has 2 heterocycles. The van der Waals surface area contributed by atoms with Crippen LogP contribution in [0.5, 0.6) is 17.5 Å². The molecule has 8 heteroatoms. The van der Waals surface area contributed by atoms with Crippen LogP contribution in [0.2, 0.25) is 0 Å². The third kappa shape index (κ3) is 5.40. The van der Waals surface area contributed by atoms with Crippen LogP contribution >= 0.6 is 0 Å². The third-order valence-corrected chi connectivity index (χ3v) is 4.93. The zero-order valence-electron chi connectivity index (χ0n) is 17.8. The minimum atomic E-state index is -0.323. The number of aromatic amines is 1. The average molecular weight is 434 g/mol. The Morgan fingerprint density at radius 2 is 1.88 bits per heavy atom. The molecule has 0 radical (unpaired) electrons. The molecule has 0 saturated heterocycles. The highest BCUT2D eigenvalue weighted by molar-refractivity contribution is 5.35. The molecule has 0 fully saturated rings. The Kier molecular flexibility index (Phi) is 6.30. The van der Waals surface area contributed by atoms with Gasteiger partial charge in [-0.05, 0) is 41.8 Å². The lowest BCUT2D eigenvalue weighted by molar-refractivity contribution is 0.295. The topological polar surface area (TPSA) is 82.0 Å². The maximum Gasteiger partial charge on any atom is 0.296 e. The second-order valence-corrected chi connectivity index (χ2v) is 7.49. The smallest absolute Gasteiger partial charge is 0.296 e. The fourth-order valence-corrected chi connectivity index (χ4v) is 3.15. The third-order valence-electron chi connectivity index (χ3n) is 4.93. The predicted molar refractivity (Wildman–Crippen MR) is 118 cm³/mol. The van der Waals surface area contributed by atoms with Crippen molar-refractivity contribution in [2.24, 2.45) is 7.05 Å². The fourth-order valence-electron chi connectivity index (χ4n) is 3.15. The Morgan fingerprint density at radius 3 is 2.56 bits per heavy atom. The normalized spacial score (nSPS) is 10.8. The summed E-state index contributed by atoms with van der Waals surface area (Å²) in [4.78, 5) is 19.1. The lowest BCUT2D eigenvalue weighted by Gasteiger charge is -2.08. The molecule has 0 aliphatic carbocycles. The first-order valence-electron chi connectivity index (χ1n) is 10.2. The molecule has 164 valence electrons. The van der Waals surface area contributed by atoms with Crippen molar-refractivity contribution in [3.63, 3.8) is 0 Å². The first-order valence-corrected chi connectivity index (χ1v) is 10.2. The van der Waals surface area contributed by atoms with E-state index in [-0.39, 0.29) is 17.4 Å². The number of hydrogen-bond acceptors (Lipinski definition) is 5. The number of H-pyrrole nitrogens is 1. The molecular weight excluding hydrogens is 411 g/mol. The quantitative estimate of drug-likeness (QED) is 0.454. The van der Waals surface area contributed by atoms with Crippen LogP contribution in [0.25, 0.3) is 0 Å². The van der Waals surface area contributed by atoms with Crippen molar-refractivity contribution < 1.29 is 13.9 Å². The molecule has 4 aromatic rings. The van der Waals surface area contributed by atoms with Gasteiger partial charge in [-0.1, -0.05) is 18.2 Å². The summed E-state index contributed by atoms with van der Waals surface area (Å²) in [7, 11) is 1.83. The Hall–Kier alpha value is -3.94. The molecule has 0 aliphatic rings. The summed E-state index contributed by atoms with van der Waals surface area (Å²) in [5.41, 5.74) is 2.77. The summed E-state index contributed by atoms with van der Waals surface area (Å²) in [6, 6.07) is 12.4. The molecule has 0 spiro atoms. The van der Waals surface area contributed by atoms with Gasteiger partial charge in [0.25, 0.3) is 11.6 Å². The molecule has 0 bridgehead atoms. The SMILES string of the molecule is Cc1ccc(Oc2ccc(CCOc3nc(=O)c(Cc4cnn(C)c4)c[nH]3)cc2)cc1F. The van der Waals surface area contributed by atoms with Crippen LogP contribution in [-0.2, 0) is 19.9 Å². The van der Waals surface area contributed by atoms with Gasteiger partial charge in [0.05, 0.1) is 12.8 Å². The Morgan fingerprint density at radius 1 is 1.09 bits per heavy atom. The molecule has 0 amide bonds. The van der Waals surface area contributed by atoms with Gasteiger partial charge < -0.3 is 14.5 Å². The summed E-state index contributed by atoms with van der Waals surface area (Å²) in [5.74, 6) is 0.771. The van der Waals surface area contributed by atoms with Crippen molar-refractivity contribution in [3.8, 4) is 17.5 Å². The van der Waals surface area contributed by atoms with E-state index in [1.165, 1.54) is 6.07 Å². The monoisotopic (exact) mass is 434 g/mol. The van der Waals surface area contributed by atoms with E-state index in [2.05, 4.69) is 15.1 Å².